The number of alkyl halides is 1. The minimum atomic E-state index is -1.15. The van der Waals surface area contributed by atoms with Crippen molar-refractivity contribution in [2.24, 2.45) is 17.8 Å². The SMILES string of the molecule is COC1CCC(C(=O)N2C[C@@H](C)N(C(=O)C3CCC(C4NCCN4)CC3)[C@H](C)C2)C(F)C1. The summed E-state index contributed by atoms with van der Waals surface area (Å²) in [6.45, 7) is 7.10. The number of methoxy groups -OCH3 is 1. The topological polar surface area (TPSA) is 73.9 Å². The Bertz CT molecular complexity index is 654. The van der Waals surface area contributed by atoms with Crippen LogP contribution in [0.1, 0.15) is 58.8 Å². The molecule has 2 aliphatic carbocycles. The molecule has 8 heteroatoms. The van der Waals surface area contributed by atoms with E-state index in [9.17, 15) is 14.0 Å². The van der Waals surface area contributed by atoms with Gasteiger partial charge in [0.2, 0.25) is 11.8 Å². The zero-order valence-electron chi connectivity index (χ0n) is 19.9. The van der Waals surface area contributed by atoms with E-state index in [-0.39, 0.29) is 35.9 Å². The number of ether oxygens (including phenoxy) is 1. The van der Waals surface area contributed by atoms with Crippen LogP contribution < -0.4 is 10.6 Å². The van der Waals surface area contributed by atoms with E-state index in [2.05, 4.69) is 10.6 Å². The predicted octanol–water partition coefficient (Wildman–Crippen LogP) is 1.91. The van der Waals surface area contributed by atoms with Crippen LogP contribution >= 0.6 is 0 Å². The van der Waals surface area contributed by atoms with Gasteiger partial charge in [-0.3, -0.25) is 9.59 Å². The van der Waals surface area contributed by atoms with Crippen molar-refractivity contribution in [1.29, 1.82) is 0 Å². The standard InChI is InChI=1S/C24H41FN4O3/c1-15-13-28(24(31)20-9-8-19(32-3)12-21(20)25)14-16(2)29(15)23(30)18-6-4-17(5-7-18)22-26-10-11-27-22/h15-22,26-27H,4-14H2,1-3H3/t15-,16-,17?,18?,19?,20?,21?/m1/s1. The van der Waals surface area contributed by atoms with Crippen molar-refractivity contribution in [2.45, 2.75) is 89.3 Å². The van der Waals surface area contributed by atoms with Gasteiger partial charge in [0.1, 0.15) is 6.17 Å². The molecule has 4 aliphatic rings. The summed E-state index contributed by atoms with van der Waals surface area (Å²) in [5.74, 6) is 0.268. The first-order valence-corrected chi connectivity index (χ1v) is 12.6. The third-order valence-corrected chi connectivity index (χ3v) is 8.31. The number of piperazine rings is 1. The first kappa shape index (κ1) is 23.9. The largest absolute Gasteiger partial charge is 0.381 e. The lowest BCUT2D eigenvalue weighted by Crippen LogP contribution is -2.62. The van der Waals surface area contributed by atoms with Gasteiger partial charge >= 0.3 is 0 Å². The Hall–Kier alpha value is -1.25. The van der Waals surface area contributed by atoms with E-state index in [0.717, 1.165) is 45.2 Å². The third-order valence-electron chi connectivity index (χ3n) is 8.31. The highest BCUT2D eigenvalue weighted by Gasteiger charge is 2.43. The Labute approximate surface area is 191 Å². The molecule has 2 heterocycles. The van der Waals surface area contributed by atoms with Gasteiger partial charge < -0.3 is 25.2 Å². The van der Waals surface area contributed by atoms with E-state index in [4.69, 9.17) is 4.74 Å². The molecule has 182 valence electrons. The van der Waals surface area contributed by atoms with Crippen molar-refractivity contribution in [1.82, 2.24) is 20.4 Å². The van der Waals surface area contributed by atoms with Crippen LogP contribution in [0.2, 0.25) is 0 Å². The maximum absolute atomic E-state index is 14.7. The fraction of sp³-hybridized carbons (Fsp3) is 0.917. The lowest BCUT2D eigenvalue weighted by molar-refractivity contribution is -0.154. The molecule has 2 saturated heterocycles. The monoisotopic (exact) mass is 452 g/mol. The van der Waals surface area contributed by atoms with E-state index >= 15 is 0 Å². The van der Waals surface area contributed by atoms with E-state index < -0.39 is 12.1 Å². The van der Waals surface area contributed by atoms with Gasteiger partial charge in [-0.2, -0.15) is 0 Å². The van der Waals surface area contributed by atoms with Crippen molar-refractivity contribution in [2.75, 3.05) is 33.3 Å². The first-order valence-electron chi connectivity index (χ1n) is 12.6. The fourth-order valence-electron chi connectivity index (χ4n) is 6.51. The van der Waals surface area contributed by atoms with Crippen LogP contribution in [0.3, 0.4) is 0 Å². The number of nitrogens with one attached hydrogen (secondary N) is 2. The Morgan fingerprint density at radius 1 is 0.906 bits per heavy atom. The van der Waals surface area contributed by atoms with E-state index in [0.29, 0.717) is 38.0 Å². The predicted molar refractivity (Wildman–Crippen MR) is 121 cm³/mol. The average Bonchev–Trinajstić information content (AvgIpc) is 3.33. The molecule has 2 N–H and O–H groups in total. The van der Waals surface area contributed by atoms with Crippen molar-refractivity contribution in [3.8, 4) is 0 Å². The van der Waals surface area contributed by atoms with Gasteiger partial charge in [-0.1, -0.05) is 0 Å². The van der Waals surface area contributed by atoms with Gasteiger partial charge in [0.05, 0.1) is 18.2 Å². The molecule has 0 aromatic heterocycles. The van der Waals surface area contributed by atoms with E-state index in [1.165, 1.54) is 0 Å². The minimum Gasteiger partial charge on any atom is -0.381 e. The highest BCUT2D eigenvalue weighted by Crippen LogP contribution is 2.35. The zero-order chi connectivity index (χ0) is 22.8. The van der Waals surface area contributed by atoms with Crippen LogP contribution in [0.5, 0.6) is 0 Å². The summed E-state index contributed by atoms with van der Waals surface area (Å²) in [5.41, 5.74) is 0. The summed E-state index contributed by atoms with van der Waals surface area (Å²) in [6.07, 6.45) is 4.75. The third kappa shape index (κ3) is 4.97. The average molecular weight is 453 g/mol. The molecule has 32 heavy (non-hydrogen) atoms. The summed E-state index contributed by atoms with van der Waals surface area (Å²) < 4.78 is 20.0. The molecule has 2 saturated carbocycles. The Kier molecular flexibility index (Phi) is 7.73. The van der Waals surface area contributed by atoms with Crippen molar-refractivity contribution in [3.63, 3.8) is 0 Å². The van der Waals surface area contributed by atoms with E-state index in [1.54, 1.807) is 12.0 Å². The molecule has 2 aliphatic heterocycles. The molecule has 0 bridgehead atoms. The Morgan fingerprint density at radius 2 is 1.53 bits per heavy atom. The highest BCUT2D eigenvalue weighted by atomic mass is 19.1. The van der Waals surface area contributed by atoms with Gasteiger partial charge in [-0.25, -0.2) is 4.39 Å². The molecular formula is C24H41FN4O3. The van der Waals surface area contributed by atoms with Crippen LogP contribution in [0.4, 0.5) is 4.39 Å². The van der Waals surface area contributed by atoms with Gasteiger partial charge in [0, 0.05) is 57.7 Å². The normalized spacial score (nSPS) is 39.3. The van der Waals surface area contributed by atoms with Crippen LogP contribution in [-0.2, 0) is 14.3 Å². The number of carbonyl (C=O) groups is 2. The molecule has 0 spiro atoms. The molecule has 5 atom stereocenters. The number of nitrogens with zero attached hydrogens (tertiary/aromatic N) is 2. The summed E-state index contributed by atoms with van der Waals surface area (Å²) >= 11 is 0. The molecule has 4 rings (SSSR count). The second-order valence-electron chi connectivity index (χ2n) is 10.5. The van der Waals surface area contributed by atoms with Gasteiger partial charge in [0.25, 0.3) is 0 Å². The van der Waals surface area contributed by atoms with Crippen LogP contribution in [0.15, 0.2) is 0 Å². The quantitative estimate of drug-likeness (QED) is 0.682. The summed E-state index contributed by atoms with van der Waals surface area (Å²) in [4.78, 5) is 30.4. The number of hydrogen-bond donors (Lipinski definition) is 2. The first-order chi connectivity index (χ1) is 15.4. The number of halogens is 1. The second kappa shape index (κ2) is 10.3. The smallest absolute Gasteiger partial charge is 0.228 e. The number of hydrogen-bond acceptors (Lipinski definition) is 5. The second-order valence-corrected chi connectivity index (χ2v) is 10.5. The zero-order valence-corrected chi connectivity index (χ0v) is 19.9. The maximum Gasteiger partial charge on any atom is 0.228 e. The molecule has 0 aromatic carbocycles. The molecule has 0 aromatic rings. The van der Waals surface area contributed by atoms with Crippen molar-refractivity contribution >= 4 is 11.8 Å². The molecule has 3 unspecified atom stereocenters. The summed E-state index contributed by atoms with van der Waals surface area (Å²) in [5, 5.41) is 7.04. The van der Waals surface area contributed by atoms with Crippen molar-refractivity contribution < 1.29 is 18.7 Å². The van der Waals surface area contributed by atoms with Gasteiger partial charge in [0.15, 0.2) is 0 Å². The summed E-state index contributed by atoms with van der Waals surface area (Å²) in [6, 6.07) is -0.0843. The van der Waals surface area contributed by atoms with E-state index in [1.807, 2.05) is 18.7 Å². The lowest BCUT2D eigenvalue weighted by Gasteiger charge is -2.47. The maximum atomic E-state index is 14.7. The Balaban J connectivity index is 1.31. The number of rotatable bonds is 4. The highest BCUT2D eigenvalue weighted by molar-refractivity contribution is 5.82. The van der Waals surface area contributed by atoms with Crippen LogP contribution in [0.25, 0.3) is 0 Å². The van der Waals surface area contributed by atoms with Gasteiger partial charge in [-0.15, -0.1) is 0 Å². The number of carbonyl (C=O) groups excluding carboxylic acids is 2. The summed E-state index contributed by atoms with van der Waals surface area (Å²) in [7, 11) is 1.61. The van der Waals surface area contributed by atoms with Crippen molar-refractivity contribution in [3.05, 3.63) is 0 Å². The number of amides is 2. The lowest BCUT2D eigenvalue weighted by atomic mass is 9.79. The molecule has 2 amide bonds. The minimum absolute atomic E-state index is 0.0422. The van der Waals surface area contributed by atoms with Crippen LogP contribution in [0, 0.1) is 17.8 Å². The molecule has 7 nitrogen and oxygen atoms in total. The molecule has 0 radical (unpaired) electrons. The van der Waals surface area contributed by atoms with Gasteiger partial charge in [-0.05, 0) is 58.3 Å². The molecular weight excluding hydrogens is 411 g/mol. The fourth-order valence-corrected chi connectivity index (χ4v) is 6.51. The Morgan fingerprint density at radius 3 is 2.09 bits per heavy atom. The van der Waals surface area contributed by atoms with Crippen LogP contribution in [-0.4, -0.2) is 85.4 Å². The molecule has 4 fully saturated rings.